The van der Waals surface area contributed by atoms with E-state index in [1.165, 1.54) is 24.6 Å². The van der Waals surface area contributed by atoms with Crippen molar-refractivity contribution in [3.05, 3.63) is 0 Å². The molecule has 0 aliphatic carbocycles. The Labute approximate surface area is 58.8 Å². The van der Waals surface area contributed by atoms with Gasteiger partial charge in [-0.25, -0.2) is 0 Å². The second-order valence-electron chi connectivity index (χ2n) is 0. The van der Waals surface area contributed by atoms with E-state index in [0.717, 1.165) is 0 Å². The van der Waals surface area contributed by atoms with E-state index in [1.54, 1.807) is 0 Å². The Balaban J connectivity index is -0.00000000500. The fourth-order valence-electron chi connectivity index (χ4n) is 0. The van der Waals surface area contributed by atoms with Crippen molar-refractivity contribution in [2.24, 2.45) is 0 Å². The van der Waals surface area contributed by atoms with Gasteiger partial charge in [-0.3, -0.25) is 0 Å². The maximum atomic E-state index is 1.49. The first-order chi connectivity index (χ1) is 1.00. The van der Waals surface area contributed by atoms with Gasteiger partial charge >= 0.3 is 24.6 Å². The molecule has 0 N–H and O–H groups in total. The molecule has 0 heterocycles. The van der Waals surface area contributed by atoms with Gasteiger partial charge in [0.25, 0.3) is 0 Å². The molecule has 0 saturated heterocycles. The zero-order valence-electron chi connectivity index (χ0n) is 2.30. The first kappa shape index (κ1) is 17.0. The van der Waals surface area contributed by atoms with Crippen molar-refractivity contribution in [1.29, 1.82) is 0 Å². The minimum atomic E-state index is 0. The van der Waals surface area contributed by atoms with Gasteiger partial charge in [0.15, 0.2) is 17.4 Å². The van der Waals surface area contributed by atoms with Gasteiger partial charge in [-0.05, 0) is 0 Å². The molecule has 31 valence electrons. The zero-order chi connectivity index (χ0) is 2.00. The summed E-state index contributed by atoms with van der Waals surface area (Å²) in [6.07, 6.45) is 0. The average molecular weight is 200 g/mol. The van der Waals surface area contributed by atoms with Crippen LogP contribution in [0.1, 0.15) is 0 Å². The summed E-state index contributed by atoms with van der Waals surface area (Å²) in [5.41, 5.74) is 0. The Morgan fingerprint density at radius 1 is 1.25 bits per heavy atom. The van der Waals surface area contributed by atoms with Crippen LogP contribution in [0.4, 0.5) is 0 Å². The Kier molecular flexibility index (Phi) is 90.6. The van der Waals surface area contributed by atoms with Crippen molar-refractivity contribution in [2.45, 2.75) is 0 Å². The number of rotatable bonds is 0. The molecule has 0 aromatic rings. The first-order valence-corrected chi connectivity index (χ1v) is 15.6. The molecule has 0 nitrogen and oxygen atoms in total. The third kappa shape index (κ3) is 9.18. The van der Waals surface area contributed by atoms with E-state index in [-0.39, 0.29) is 34.4 Å². The molecular formula is H9AlCuGeSi. The van der Waals surface area contributed by atoms with Gasteiger partial charge in [-0.1, -0.05) is 0 Å². The van der Waals surface area contributed by atoms with E-state index in [2.05, 4.69) is 0 Å². The van der Waals surface area contributed by atoms with Crippen LogP contribution in [0.5, 0.6) is 0 Å². The van der Waals surface area contributed by atoms with Crippen LogP contribution in [-0.2, 0) is 17.1 Å². The Morgan fingerprint density at radius 2 is 1.25 bits per heavy atom. The molecule has 0 aliphatic rings. The zero-order valence-corrected chi connectivity index (χ0v) is 9.44. The van der Waals surface area contributed by atoms with Gasteiger partial charge in [0.05, 0.1) is 0 Å². The summed E-state index contributed by atoms with van der Waals surface area (Å²) in [6, 6.07) is 0. The van der Waals surface area contributed by atoms with Crippen molar-refractivity contribution in [1.82, 2.24) is 0 Å². The summed E-state index contributed by atoms with van der Waals surface area (Å²) >= 11 is 1.20. The number of hydrogen-bond acceptors (Lipinski definition) is 0. The number of hydrogen-bond donors (Lipinski definition) is 0. The van der Waals surface area contributed by atoms with Crippen LogP contribution in [0.2, 0.25) is 0 Å². The van der Waals surface area contributed by atoms with Crippen molar-refractivity contribution in [2.75, 3.05) is 0 Å². The molecule has 0 spiro atoms. The molecule has 0 fully saturated rings. The quantitative estimate of drug-likeness (QED) is 0.355. The van der Waals surface area contributed by atoms with E-state index < -0.39 is 0 Å². The van der Waals surface area contributed by atoms with Crippen LogP contribution < -0.4 is 0 Å². The van der Waals surface area contributed by atoms with E-state index in [4.69, 9.17) is 0 Å². The molecule has 0 atom stereocenters. The Morgan fingerprint density at radius 3 is 1.25 bits per heavy atom. The van der Waals surface area contributed by atoms with Crippen molar-refractivity contribution >= 4 is 42.0 Å². The normalized spacial score (nSPS) is 3.00. The van der Waals surface area contributed by atoms with E-state index in [9.17, 15) is 0 Å². The van der Waals surface area contributed by atoms with Gasteiger partial charge in [0.1, 0.15) is 0 Å². The summed E-state index contributed by atoms with van der Waals surface area (Å²) < 4.78 is 0. The van der Waals surface area contributed by atoms with Crippen LogP contribution in [0.15, 0.2) is 0 Å². The van der Waals surface area contributed by atoms with Gasteiger partial charge in [-0.2, -0.15) is 0 Å². The van der Waals surface area contributed by atoms with Crippen LogP contribution in [0.25, 0.3) is 0 Å². The molecule has 0 saturated carbocycles. The molecule has 0 bridgehead atoms. The Hall–Kier alpha value is 1.81. The first-order valence-electron chi connectivity index (χ1n) is 1.00. The molecule has 0 unspecified atom stereocenters. The summed E-state index contributed by atoms with van der Waals surface area (Å²) in [7, 11) is 1.49. The van der Waals surface area contributed by atoms with Crippen LogP contribution in [0, 0.1) is 0 Å². The monoisotopic (exact) mass is 201 g/mol. The topological polar surface area (TPSA) is 0 Å². The predicted molar refractivity (Wildman–Crippen MR) is 29.8 cm³/mol. The Bertz CT molecular complexity index is 8.00. The van der Waals surface area contributed by atoms with Crippen molar-refractivity contribution < 1.29 is 17.1 Å². The molecule has 4 heavy (non-hydrogen) atoms. The van der Waals surface area contributed by atoms with E-state index >= 15 is 0 Å². The van der Waals surface area contributed by atoms with Crippen LogP contribution in [-0.4, -0.2) is 42.0 Å². The minimum absolute atomic E-state index is 0. The van der Waals surface area contributed by atoms with E-state index in [1.807, 2.05) is 0 Å². The van der Waals surface area contributed by atoms with Crippen LogP contribution in [0.3, 0.4) is 0 Å². The fourth-order valence-corrected chi connectivity index (χ4v) is 0. The fraction of sp³-hybridized carbons (Fsp3) is 0. The molecule has 0 rings (SSSR count). The van der Waals surface area contributed by atoms with Gasteiger partial charge in [0, 0.05) is 17.1 Å². The van der Waals surface area contributed by atoms with Crippen molar-refractivity contribution in [3.8, 4) is 0 Å². The van der Waals surface area contributed by atoms with Crippen molar-refractivity contribution in [3.63, 3.8) is 0 Å². The molecule has 1 radical (unpaired) electrons. The maximum absolute atomic E-state index is 1.49. The molecule has 0 aromatic heterocycles. The predicted octanol–water partition coefficient (Wildman–Crippen LogP) is -3.55. The summed E-state index contributed by atoms with van der Waals surface area (Å²) in [4.78, 5) is 0. The van der Waals surface area contributed by atoms with Gasteiger partial charge < -0.3 is 0 Å². The molecular weight excluding hydrogens is 191 g/mol. The summed E-state index contributed by atoms with van der Waals surface area (Å²) in [5, 5.41) is 0. The van der Waals surface area contributed by atoms with Gasteiger partial charge in [0.2, 0.25) is 0 Å². The second-order valence-corrected chi connectivity index (χ2v) is 0. The third-order valence-electron chi connectivity index (χ3n) is 0. The average Bonchev–Trinajstić information content (AvgIpc) is 1.00. The summed E-state index contributed by atoms with van der Waals surface area (Å²) in [5.74, 6) is 0. The standard InChI is InChI=1S/Al.Cu.GeH6Si.3H/c;;1-2;;;/h;;1-2H3;;;. The molecule has 4 heteroatoms. The molecule has 0 amide bonds. The van der Waals surface area contributed by atoms with Gasteiger partial charge in [-0.15, -0.1) is 0 Å². The van der Waals surface area contributed by atoms with E-state index in [0.29, 0.717) is 0 Å². The van der Waals surface area contributed by atoms with Crippen LogP contribution >= 0.6 is 0 Å². The second kappa shape index (κ2) is 21.3. The molecule has 0 aliphatic heterocycles. The molecule has 0 aromatic carbocycles. The summed E-state index contributed by atoms with van der Waals surface area (Å²) in [6.45, 7) is 0. The third-order valence-corrected chi connectivity index (χ3v) is 0. The SMILES string of the molecule is [AlH3].[Cu].[SiH3][GeH3].